The van der Waals surface area contributed by atoms with E-state index in [9.17, 15) is 9.90 Å². The van der Waals surface area contributed by atoms with Gasteiger partial charge in [-0.05, 0) is 62.3 Å². The lowest BCUT2D eigenvalue weighted by molar-refractivity contribution is -0.143. The normalized spacial score (nSPS) is 18.6. The lowest BCUT2D eigenvalue weighted by atomic mass is 9.95. The summed E-state index contributed by atoms with van der Waals surface area (Å²) in [6, 6.07) is 12.9. The summed E-state index contributed by atoms with van der Waals surface area (Å²) in [5.41, 5.74) is 3.73. The van der Waals surface area contributed by atoms with Crippen LogP contribution in [0.4, 0.5) is 14.6 Å². The zero-order valence-electron chi connectivity index (χ0n) is 21.5. The standard InChI is InChI=1S/C29H35F2N5O2/c30-29(31,14-5-4-10-25-12-11-22-9-6-15-32-27(22)34-25)24-13-16-35(20-24)26(28(37)38)23-17-33-36(19-23)18-21-7-2-1-3-8-21/h1-3,7-8,11-12,17,19,24,26H,4-6,9-10,13-16,18,20H2,(H,32,34)(H,37,38)/t24-,26+/m0/s1. The Balaban J connectivity index is 1.13. The molecule has 1 saturated heterocycles. The van der Waals surface area contributed by atoms with E-state index >= 15 is 8.78 Å². The molecule has 38 heavy (non-hydrogen) atoms. The van der Waals surface area contributed by atoms with Crippen molar-refractivity contribution in [3.63, 3.8) is 0 Å². The van der Waals surface area contributed by atoms with Gasteiger partial charge in [-0.15, -0.1) is 0 Å². The van der Waals surface area contributed by atoms with E-state index in [1.165, 1.54) is 11.8 Å². The number of carboxylic acids is 1. The molecule has 202 valence electrons. The number of carbonyl (C=O) groups is 1. The van der Waals surface area contributed by atoms with Crippen LogP contribution in [-0.4, -0.2) is 56.3 Å². The number of hydrogen-bond donors (Lipinski definition) is 2. The van der Waals surface area contributed by atoms with Crippen molar-refractivity contribution in [2.75, 3.05) is 25.0 Å². The molecule has 9 heteroatoms. The Morgan fingerprint density at radius 3 is 2.84 bits per heavy atom. The predicted octanol–water partition coefficient (Wildman–Crippen LogP) is 5.18. The number of aromatic nitrogens is 3. The van der Waals surface area contributed by atoms with Gasteiger partial charge in [-0.2, -0.15) is 5.10 Å². The quantitative estimate of drug-likeness (QED) is 0.337. The van der Waals surface area contributed by atoms with Crippen LogP contribution in [0.1, 0.15) is 60.5 Å². The van der Waals surface area contributed by atoms with Crippen LogP contribution in [0, 0.1) is 5.92 Å². The molecule has 0 aliphatic carbocycles. The van der Waals surface area contributed by atoms with Gasteiger partial charge in [-0.25, -0.2) is 13.8 Å². The summed E-state index contributed by atoms with van der Waals surface area (Å²) in [7, 11) is 0. The number of hydrogen-bond acceptors (Lipinski definition) is 5. The van der Waals surface area contributed by atoms with Gasteiger partial charge in [0.15, 0.2) is 0 Å². The summed E-state index contributed by atoms with van der Waals surface area (Å²) in [6.45, 7) is 1.83. The fourth-order valence-corrected chi connectivity index (χ4v) is 5.63. The van der Waals surface area contributed by atoms with Gasteiger partial charge in [0, 0.05) is 42.9 Å². The van der Waals surface area contributed by atoms with Crippen molar-refractivity contribution >= 4 is 11.8 Å². The molecule has 5 rings (SSSR count). The van der Waals surface area contributed by atoms with E-state index in [2.05, 4.69) is 21.5 Å². The number of rotatable bonds is 11. The molecule has 0 amide bonds. The fourth-order valence-electron chi connectivity index (χ4n) is 5.63. The molecular weight excluding hydrogens is 488 g/mol. The molecule has 4 heterocycles. The van der Waals surface area contributed by atoms with Crippen molar-refractivity contribution in [1.82, 2.24) is 19.7 Å². The number of carboxylic acid groups (broad SMARTS) is 1. The SMILES string of the molecule is O=C(O)[C@@H](c1cnn(Cc2ccccc2)c1)N1CC[C@H](C(F)(F)CCCCc2ccc3c(n2)NCCC3)C1. The van der Waals surface area contributed by atoms with Crippen molar-refractivity contribution < 1.29 is 18.7 Å². The predicted molar refractivity (Wildman–Crippen MR) is 141 cm³/mol. The van der Waals surface area contributed by atoms with Gasteiger partial charge < -0.3 is 10.4 Å². The van der Waals surface area contributed by atoms with Gasteiger partial charge in [-0.1, -0.05) is 36.4 Å². The van der Waals surface area contributed by atoms with Crippen LogP contribution in [0.2, 0.25) is 0 Å². The molecule has 0 unspecified atom stereocenters. The molecule has 2 aliphatic heterocycles. The maximum atomic E-state index is 15.2. The number of aliphatic carboxylic acids is 1. The second kappa shape index (κ2) is 11.6. The number of fused-ring (bicyclic) bond motifs is 1. The van der Waals surface area contributed by atoms with Gasteiger partial charge >= 0.3 is 5.97 Å². The lowest BCUT2D eigenvalue weighted by Crippen LogP contribution is -2.35. The second-order valence-corrected chi connectivity index (χ2v) is 10.5. The summed E-state index contributed by atoms with van der Waals surface area (Å²) in [5.74, 6) is -3.79. The first kappa shape index (κ1) is 26.3. The minimum Gasteiger partial charge on any atom is -0.480 e. The highest BCUT2D eigenvalue weighted by atomic mass is 19.3. The first-order valence-corrected chi connectivity index (χ1v) is 13.5. The van der Waals surface area contributed by atoms with Gasteiger partial charge in [0.2, 0.25) is 0 Å². The zero-order valence-corrected chi connectivity index (χ0v) is 21.5. The van der Waals surface area contributed by atoms with Crippen molar-refractivity contribution in [2.45, 2.75) is 63.5 Å². The first-order chi connectivity index (χ1) is 18.4. The van der Waals surface area contributed by atoms with E-state index in [4.69, 9.17) is 0 Å². The molecule has 0 bridgehead atoms. The fraction of sp³-hybridized carbons (Fsp3) is 0.483. The van der Waals surface area contributed by atoms with Gasteiger partial charge in [0.05, 0.1) is 12.7 Å². The number of alkyl halides is 2. The van der Waals surface area contributed by atoms with Crippen molar-refractivity contribution in [2.24, 2.45) is 5.92 Å². The van der Waals surface area contributed by atoms with E-state index in [1.807, 2.05) is 36.4 Å². The Hall–Kier alpha value is -3.33. The number of aryl methyl sites for hydroxylation is 2. The third-order valence-electron chi connectivity index (χ3n) is 7.72. The number of nitrogens with zero attached hydrogens (tertiary/aromatic N) is 4. The topological polar surface area (TPSA) is 83.3 Å². The summed E-state index contributed by atoms with van der Waals surface area (Å²) >= 11 is 0. The summed E-state index contributed by atoms with van der Waals surface area (Å²) in [4.78, 5) is 18.5. The van der Waals surface area contributed by atoms with Crippen LogP contribution in [0.25, 0.3) is 0 Å². The smallest absolute Gasteiger partial charge is 0.325 e. The first-order valence-electron chi connectivity index (χ1n) is 13.5. The Labute approximate surface area is 221 Å². The molecule has 2 N–H and O–H groups in total. The van der Waals surface area contributed by atoms with Gasteiger partial charge in [-0.3, -0.25) is 14.4 Å². The van der Waals surface area contributed by atoms with E-state index in [-0.39, 0.29) is 19.4 Å². The monoisotopic (exact) mass is 523 g/mol. The number of halogens is 2. The van der Waals surface area contributed by atoms with Crippen molar-refractivity contribution in [3.8, 4) is 0 Å². The van der Waals surface area contributed by atoms with Crippen LogP contribution in [0.5, 0.6) is 0 Å². The van der Waals surface area contributed by atoms with Crippen LogP contribution >= 0.6 is 0 Å². The Kier molecular flexibility index (Phi) is 8.02. The Morgan fingerprint density at radius 2 is 2.03 bits per heavy atom. The highest BCUT2D eigenvalue weighted by molar-refractivity contribution is 5.75. The molecule has 2 aliphatic rings. The van der Waals surface area contributed by atoms with Crippen LogP contribution in [0.3, 0.4) is 0 Å². The van der Waals surface area contributed by atoms with Crippen molar-refractivity contribution in [1.29, 1.82) is 0 Å². The highest BCUT2D eigenvalue weighted by Gasteiger charge is 2.45. The van der Waals surface area contributed by atoms with Crippen LogP contribution in [-0.2, 0) is 24.2 Å². The maximum Gasteiger partial charge on any atom is 0.325 e. The Morgan fingerprint density at radius 1 is 1.18 bits per heavy atom. The van der Waals surface area contributed by atoms with Gasteiger partial charge in [0.25, 0.3) is 5.92 Å². The lowest BCUT2D eigenvalue weighted by Gasteiger charge is -2.26. The van der Waals surface area contributed by atoms with Crippen LogP contribution in [0.15, 0.2) is 54.9 Å². The third kappa shape index (κ3) is 6.20. The molecule has 2 atom stereocenters. The van der Waals surface area contributed by atoms with E-state index in [0.717, 1.165) is 36.5 Å². The molecule has 0 radical (unpaired) electrons. The average molecular weight is 524 g/mol. The molecule has 2 aromatic heterocycles. The van der Waals surface area contributed by atoms with Gasteiger partial charge in [0.1, 0.15) is 11.9 Å². The number of nitrogens with one attached hydrogen (secondary N) is 1. The Bertz CT molecular complexity index is 1230. The van der Waals surface area contributed by atoms with E-state index in [0.29, 0.717) is 37.9 Å². The minimum absolute atomic E-state index is 0.0614. The number of likely N-dealkylation sites (tertiary alicyclic amines) is 1. The maximum absolute atomic E-state index is 15.2. The molecule has 0 spiro atoms. The zero-order chi connectivity index (χ0) is 26.5. The van der Waals surface area contributed by atoms with Crippen LogP contribution < -0.4 is 5.32 Å². The van der Waals surface area contributed by atoms with E-state index in [1.54, 1.807) is 15.8 Å². The summed E-state index contributed by atoms with van der Waals surface area (Å²) in [6.07, 6.45) is 7.20. The molecule has 0 saturated carbocycles. The van der Waals surface area contributed by atoms with E-state index < -0.39 is 23.9 Å². The molecular formula is C29H35F2N5O2. The summed E-state index contributed by atoms with van der Waals surface area (Å²) < 4.78 is 32.0. The minimum atomic E-state index is -2.83. The largest absolute Gasteiger partial charge is 0.480 e. The number of unbranched alkanes of at least 4 members (excludes halogenated alkanes) is 1. The second-order valence-electron chi connectivity index (χ2n) is 10.5. The molecule has 7 nitrogen and oxygen atoms in total. The highest BCUT2D eigenvalue weighted by Crippen LogP contribution is 2.39. The molecule has 3 aromatic rings. The third-order valence-corrected chi connectivity index (χ3v) is 7.72. The number of pyridine rings is 1. The number of anilines is 1. The molecule has 1 aromatic carbocycles. The summed E-state index contributed by atoms with van der Waals surface area (Å²) in [5, 5.41) is 17.6. The van der Waals surface area contributed by atoms with Crippen molar-refractivity contribution in [3.05, 3.63) is 77.2 Å². The average Bonchev–Trinajstić information content (AvgIpc) is 3.58. The number of benzene rings is 1. The molecule has 1 fully saturated rings.